The van der Waals surface area contributed by atoms with E-state index < -0.39 is 0 Å². The summed E-state index contributed by atoms with van der Waals surface area (Å²) in [7, 11) is 0. The molecular weight excluding hydrogens is 390 g/mol. The highest BCUT2D eigenvalue weighted by atomic mass is 32.2. The molecule has 3 aromatic heterocycles. The Morgan fingerprint density at radius 3 is 2.90 bits per heavy atom. The molecule has 1 aliphatic heterocycles. The van der Waals surface area contributed by atoms with Crippen LogP contribution in [0.15, 0.2) is 27.9 Å². The van der Waals surface area contributed by atoms with Crippen LogP contribution in [0.2, 0.25) is 0 Å². The number of thioether (sulfide) groups is 1. The van der Waals surface area contributed by atoms with Gasteiger partial charge in [0.1, 0.15) is 10.8 Å². The highest BCUT2D eigenvalue weighted by Crippen LogP contribution is 2.27. The summed E-state index contributed by atoms with van der Waals surface area (Å²) in [6, 6.07) is 3.49. The minimum atomic E-state index is -0.277. The van der Waals surface area contributed by atoms with Crippen molar-refractivity contribution in [2.24, 2.45) is 0 Å². The third kappa shape index (κ3) is 4.42. The summed E-state index contributed by atoms with van der Waals surface area (Å²) < 4.78 is 5.21. The fourth-order valence-corrected chi connectivity index (χ4v) is 4.39. The predicted octanol–water partition coefficient (Wildman–Crippen LogP) is 3.34. The van der Waals surface area contributed by atoms with Gasteiger partial charge in [-0.25, -0.2) is 10.1 Å². The number of hydrogen-bond acceptors (Lipinski definition) is 8. The van der Waals surface area contributed by atoms with Gasteiger partial charge >= 0.3 is 0 Å². The number of piperidine rings is 1. The van der Waals surface area contributed by atoms with Crippen LogP contribution in [-0.2, 0) is 5.75 Å². The van der Waals surface area contributed by atoms with E-state index >= 15 is 0 Å². The molecule has 9 nitrogen and oxygen atoms in total. The van der Waals surface area contributed by atoms with Crippen LogP contribution in [0.25, 0.3) is 0 Å². The fourth-order valence-electron chi connectivity index (χ4n) is 3.25. The second-order valence-electron chi connectivity index (χ2n) is 6.93. The van der Waals surface area contributed by atoms with E-state index in [1.54, 1.807) is 18.3 Å². The molecule has 10 heteroatoms. The zero-order chi connectivity index (χ0) is 20.2. The Balaban J connectivity index is 1.44. The molecule has 1 aliphatic rings. The van der Waals surface area contributed by atoms with Gasteiger partial charge in [0.05, 0.1) is 11.3 Å². The number of aromatic nitrogens is 5. The molecule has 1 saturated heterocycles. The Kier molecular flexibility index (Phi) is 5.79. The van der Waals surface area contributed by atoms with E-state index in [2.05, 4.69) is 35.5 Å². The summed E-state index contributed by atoms with van der Waals surface area (Å²) in [6.07, 6.45) is 5.19. The average molecular weight is 414 g/mol. The van der Waals surface area contributed by atoms with Gasteiger partial charge in [0, 0.05) is 30.6 Å². The lowest BCUT2D eigenvalue weighted by atomic mass is 10.1. The maximum atomic E-state index is 12.8. The van der Waals surface area contributed by atoms with Crippen molar-refractivity contribution >= 4 is 29.6 Å². The molecule has 3 aromatic rings. The number of anilines is 2. The van der Waals surface area contributed by atoms with E-state index in [1.165, 1.54) is 18.2 Å². The van der Waals surface area contributed by atoms with Crippen molar-refractivity contribution in [1.29, 1.82) is 0 Å². The maximum Gasteiger partial charge on any atom is 0.260 e. The molecule has 1 amide bonds. The van der Waals surface area contributed by atoms with Crippen molar-refractivity contribution in [3.05, 3.63) is 40.9 Å². The number of aromatic amines is 1. The summed E-state index contributed by atoms with van der Waals surface area (Å²) in [5, 5.41) is 14.5. The van der Waals surface area contributed by atoms with Gasteiger partial charge in [0.2, 0.25) is 11.9 Å². The first-order chi connectivity index (χ1) is 14.1. The van der Waals surface area contributed by atoms with E-state index in [-0.39, 0.29) is 5.91 Å². The number of aryl methyl sites for hydroxylation is 2. The Labute approximate surface area is 172 Å². The smallest absolute Gasteiger partial charge is 0.260 e. The molecule has 0 bridgehead atoms. The van der Waals surface area contributed by atoms with Crippen LogP contribution < -0.4 is 10.2 Å². The van der Waals surface area contributed by atoms with Gasteiger partial charge in [0.15, 0.2) is 0 Å². The highest BCUT2D eigenvalue weighted by molar-refractivity contribution is 7.98. The third-order valence-electron chi connectivity index (χ3n) is 4.89. The molecule has 1 fully saturated rings. The minimum absolute atomic E-state index is 0.277. The first kappa shape index (κ1) is 19.4. The van der Waals surface area contributed by atoms with Crippen LogP contribution in [0, 0.1) is 13.8 Å². The molecule has 0 spiro atoms. The van der Waals surface area contributed by atoms with Gasteiger partial charge in [-0.1, -0.05) is 5.16 Å². The van der Waals surface area contributed by atoms with Crippen molar-refractivity contribution in [2.75, 3.05) is 23.3 Å². The number of carbonyl (C=O) groups excluding carboxylic acids is 1. The largest absolute Gasteiger partial charge is 0.361 e. The van der Waals surface area contributed by atoms with Crippen LogP contribution in [0.1, 0.15) is 46.6 Å². The topological polar surface area (TPSA) is 113 Å². The molecule has 4 heterocycles. The summed E-state index contributed by atoms with van der Waals surface area (Å²) in [6.45, 7) is 5.67. The van der Waals surface area contributed by atoms with Crippen molar-refractivity contribution in [3.8, 4) is 0 Å². The van der Waals surface area contributed by atoms with Crippen LogP contribution in [0.3, 0.4) is 0 Å². The van der Waals surface area contributed by atoms with Gasteiger partial charge < -0.3 is 9.42 Å². The Hall–Kier alpha value is -2.88. The molecule has 0 aromatic carbocycles. The van der Waals surface area contributed by atoms with Gasteiger partial charge in [-0.3, -0.25) is 10.1 Å². The first-order valence-corrected chi connectivity index (χ1v) is 10.6. The summed E-state index contributed by atoms with van der Waals surface area (Å²) in [4.78, 5) is 23.7. The molecule has 0 saturated carbocycles. The molecule has 0 unspecified atom stereocenters. The Morgan fingerprint density at radius 1 is 1.31 bits per heavy atom. The predicted molar refractivity (Wildman–Crippen MR) is 110 cm³/mol. The standard InChI is InChI=1S/C19H23N7O2S/c1-12-15(13(2)28-25-12)11-29-17-14(7-6-8-20-17)16(27)21-18-22-19(24-23-18)26-9-4-3-5-10-26/h6-8H,3-5,9-11H2,1-2H3,(H2,21,22,23,24,27). The quantitative estimate of drug-likeness (QED) is 0.592. The van der Waals surface area contributed by atoms with E-state index in [1.807, 2.05) is 13.8 Å². The molecule has 2 N–H and O–H groups in total. The molecule has 152 valence electrons. The van der Waals surface area contributed by atoms with Crippen LogP contribution in [0.4, 0.5) is 11.9 Å². The molecule has 4 rings (SSSR count). The van der Waals surface area contributed by atoms with Gasteiger partial charge in [0.25, 0.3) is 5.91 Å². The highest BCUT2D eigenvalue weighted by Gasteiger charge is 2.19. The van der Waals surface area contributed by atoms with Crippen molar-refractivity contribution < 1.29 is 9.32 Å². The average Bonchev–Trinajstić information content (AvgIpc) is 3.34. The second-order valence-corrected chi connectivity index (χ2v) is 7.90. The van der Waals surface area contributed by atoms with Crippen LogP contribution in [-0.4, -0.2) is 44.3 Å². The first-order valence-electron chi connectivity index (χ1n) is 9.60. The number of amides is 1. The Bertz CT molecular complexity index is 975. The van der Waals surface area contributed by atoms with E-state index in [4.69, 9.17) is 4.52 Å². The molecule has 0 radical (unpaired) electrons. The lowest BCUT2D eigenvalue weighted by molar-refractivity contribution is 0.102. The monoisotopic (exact) mass is 413 g/mol. The number of carbonyl (C=O) groups is 1. The molecule has 0 aliphatic carbocycles. The normalized spacial score (nSPS) is 14.2. The number of nitrogens with one attached hydrogen (secondary N) is 2. The van der Waals surface area contributed by atoms with Crippen molar-refractivity contribution in [1.82, 2.24) is 25.3 Å². The molecule has 29 heavy (non-hydrogen) atoms. The number of H-pyrrole nitrogens is 1. The fraction of sp³-hybridized carbons (Fsp3) is 0.421. The molecule has 0 atom stereocenters. The lowest BCUT2D eigenvalue weighted by Gasteiger charge is -2.24. The minimum Gasteiger partial charge on any atom is -0.361 e. The van der Waals surface area contributed by atoms with Gasteiger partial charge in [-0.2, -0.15) is 4.98 Å². The second kappa shape index (κ2) is 8.64. The van der Waals surface area contributed by atoms with Crippen molar-refractivity contribution in [3.63, 3.8) is 0 Å². The molecular formula is C19H23N7O2S. The van der Waals surface area contributed by atoms with E-state index in [0.717, 1.165) is 42.9 Å². The summed E-state index contributed by atoms with van der Waals surface area (Å²) >= 11 is 1.47. The summed E-state index contributed by atoms with van der Waals surface area (Å²) in [5.74, 6) is 2.09. The lowest BCUT2D eigenvalue weighted by Crippen LogP contribution is -2.30. The Morgan fingerprint density at radius 2 is 2.14 bits per heavy atom. The number of nitrogens with zero attached hydrogens (tertiary/aromatic N) is 5. The number of pyridine rings is 1. The van der Waals surface area contributed by atoms with Gasteiger partial charge in [-0.15, -0.1) is 16.9 Å². The van der Waals surface area contributed by atoms with E-state index in [0.29, 0.717) is 28.2 Å². The SMILES string of the molecule is Cc1noc(C)c1CSc1ncccc1C(=O)Nc1nc(N2CCCCC2)n[nH]1. The zero-order valence-electron chi connectivity index (χ0n) is 16.4. The van der Waals surface area contributed by atoms with Gasteiger partial charge in [-0.05, 0) is 45.2 Å². The van der Waals surface area contributed by atoms with Crippen LogP contribution in [0.5, 0.6) is 0 Å². The summed E-state index contributed by atoms with van der Waals surface area (Å²) in [5.41, 5.74) is 2.36. The third-order valence-corrected chi connectivity index (χ3v) is 5.93. The number of rotatable bonds is 6. The zero-order valence-corrected chi connectivity index (χ0v) is 17.3. The van der Waals surface area contributed by atoms with Crippen LogP contribution >= 0.6 is 11.8 Å². The number of hydrogen-bond donors (Lipinski definition) is 2. The van der Waals surface area contributed by atoms with E-state index in [9.17, 15) is 4.79 Å². The van der Waals surface area contributed by atoms with Crippen molar-refractivity contribution in [2.45, 2.75) is 43.9 Å². The maximum absolute atomic E-state index is 12.8.